The van der Waals surface area contributed by atoms with Crippen molar-refractivity contribution in [2.75, 3.05) is 59.5 Å². The van der Waals surface area contributed by atoms with E-state index < -0.39 is 97.8 Å². The van der Waals surface area contributed by atoms with Crippen molar-refractivity contribution in [2.45, 2.75) is 237 Å². The average Bonchev–Trinajstić information content (AvgIpc) is 3.65. The van der Waals surface area contributed by atoms with Crippen molar-refractivity contribution in [1.29, 1.82) is 0 Å². The van der Waals surface area contributed by atoms with Gasteiger partial charge in [-0.15, -0.1) is 0 Å². The summed E-state index contributed by atoms with van der Waals surface area (Å²) in [6.07, 6.45) is 4.57. The normalized spacial score (nSPS) is 17.2. The Labute approximate surface area is 497 Å². The molecule has 1 aromatic carbocycles. The van der Waals surface area contributed by atoms with E-state index in [0.717, 1.165) is 12.0 Å². The summed E-state index contributed by atoms with van der Waals surface area (Å²) in [5, 5.41) is 37.9. The molecule has 0 spiro atoms. The quantitative estimate of drug-likeness (QED) is 0.0269. The van der Waals surface area contributed by atoms with Gasteiger partial charge in [-0.2, -0.15) is 0 Å². The predicted molar refractivity (Wildman–Crippen MR) is 316 cm³/mol. The molecule has 0 amide bonds. The van der Waals surface area contributed by atoms with Crippen LogP contribution >= 0.6 is 0 Å². The molecule has 0 saturated heterocycles. The molecule has 478 valence electrons. The molecule has 0 fully saturated rings. The highest BCUT2D eigenvalue weighted by Gasteiger charge is 2.52. The van der Waals surface area contributed by atoms with Gasteiger partial charge in [0.05, 0.1) is 96.4 Å². The first-order valence-electron chi connectivity index (χ1n) is 30.8. The fraction of sp³-hybridized carbons (Fsp3) is 0.800. The van der Waals surface area contributed by atoms with Gasteiger partial charge in [-0.05, 0) is 182 Å². The van der Waals surface area contributed by atoms with Gasteiger partial charge in [-0.1, -0.05) is 78.3 Å². The van der Waals surface area contributed by atoms with E-state index in [9.17, 15) is 44.1 Å². The third-order valence-corrected chi connectivity index (χ3v) is 16.6. The molecule has 9 unspecified atom stereocenters. The van der Waals surface area contributed by atoms with Gasteiger partial charge in [-0.25, -0.2) is 0 Å². The Morgan fingerprint density at radius 3 is 1.07 bits per heavy atom. The van der Waals surface area contributed by atoms with E-state index >= 15 is 4.79 Å². The standard InChI is InChI=1S/C65H110O18/c1-15-21-35-79-53(71)60(9,18-4)46-64(13,41-49(48-29-23-22-24-30-48)40-63(12,56(74)77-33-16-2)45-61(10,19-5)54(72)80-36-27-25-31-50(68)42-66)57(75)83-39-38-82-52(70)59(7,8)44-65(14,58(76)78-34-17-3)47-62(11,20-6)55(73)81-37-28-26-32-51(69)43-67/h22-24,29-30,49-51,66-69H,15-21,25-28,31-47H2,1-14H3. The third kappa shape index (κ3) is 25.1. The van der Waals surface area contributed by atoms with E-state index in [1.54, 1.807) is 55.4 Å². The zero-order chi connectivity index (χ0) is 63.1. The Balaban J connectivity index is 3.73. The number of aliphatic hydroxyl groups excluding tert-OH is 4. The maximum Gasteiger partial charge on any atom is 0.311 e. The van der Waals surface area contributed by atoms with Crippen LogP contribution in [0.3, 0.4) is 0 Å². The number of unbranched alkanes of at least 4 members (excludes halogenated alkanes) is 3. The maximum atomic E-state index is 15.1. The van der Waals surface area contributed by atoms with E-state index in [2.05, 4.69) is 0 Å². The summed E-state index contributed by atoms with van der Waals surface area (Å²) in [4.78, 5) is 99.5. The van der Waals surface area contributed by atoms with E-state index in [0.29, 0.717) is 77.0 Å². The molecule has 18 heteroatoms. The van der Waals surface area contributed by atoms with Crippen LogP contribution in [0.2, 0.25) is 0 Å². The van der Waals surface area contributed by atoms with Crippen LogP contribution in [0.5, 0.6) is 0 Å². The fourth-order valence-corrected chi connectivity index (χ4v) is 11.1. The number of rotatable bonds is 45. The molecular formula is C65H110O18. The largest absolute Gasteiger partial charge is 0.465 e. The Morgan fingerprint density at radius 1 is 0.386 bits per heavy atom. The Bertz CT molecular complexity index is 2110. The SMILES string of the molecule is CCCCOC(=O)C(C)(CC)CC(C)(CC(CC(C)(CC(C)(CC)C(=O)OCCCCC(O)CO)C(=O)OCCC)c1ccccc1)C(=O)OCCOC(=O)C(C)(C)CC(C)(CC(C)(CC)C(=O)OCCCCC(O)CO)C(=O)OCCC. The molecule has 0 radical (unpaired) electrons. The van der Waals surface area contributed by atoms with Gasteiger partial charge in [0, 0.05) is 0 Å². The van der Waals surface area contributed by atoms with Crippen LogP contribution in [0, 0.1) is 37.9 Å². The first-order chi connectivity index (χ1) is 38.9. The number of benzene rings is 1. The van der Waals surface area contributed by atoms with Crippen LogP contribution in [-0.2, 0) is 66.7 Å². The summed E-state index contributed by atoms with van der Waals surface area (Å²) in [5.41, 5.74) is -8.15. The summed E-state index contributed by atoms with van der Waals surface area (Å²) in [6.45, 7) is 24.1. The molecule has 0 aliphatic heterocycles. The number of carbonyl (C=O) groups excluding carboxylic acids is 7. The summed E-state index contributed by atoms with van der Waals surface area (Å²) in [7, 11) is 0. The minimum atomic E-state index is -1.45. The summed E-state index contributed by atoms with van der Waals surface area (Å²) in [6, 6.07) is 9.41. The number of aliphatic hydroxyl groups is 4. The first-order valence-corrected chi connectivity index (χ1v) is 30.8. The van der Waals surface area contributed by atoms with E-state index in [1.165, 1.54) is 0 Å². The topological polar surface area (TPSA) is 265 Å². The van der Waals surface area contributed by atoms with Crippen molar-refractivity contribution in [3.63, 3.8) is 0 Å². The lowest BCUT2D eigenvalue weighted by molar-refractivity contribution is -0.173. The number of hydrogen-bond donors (Lipinski definition) is 4. The van der Waals surface area contributed by atoms with Crippen LogP contribution in [0.4, 0.5) is 0 Å². The molecule has 4 N–H and O–H groups in total. The van der Waals surface area contributed by atoms with Gasteiger partial charge >= 0.3 is 41.8 Å². The lowest BCUT2D eigenvalue weighted by atomic mass is 9.62. The highest BCUT2D eigenvalue weighted by molar-refractivity contribution is 5.84. The lowest BCUT2D eigenvalue weighted by Crippen LogP contribution is -2.44. The Hall–Kier alpha value is -4.65. The van der Waals surface area contributed by atoms with Crippen molar-refractivity contribution >= 4 is 41.8 Å². The second-order valence-corrected chi connectivity index (χ2v) is 25.5. The Kier molecular flexibility index (Phi) is 34.1. The predicted octanol–water partition coefficient (Wildman–Crippen LogP) is 10.9. The highest BCUT2D eigenvalue weighted by Crippen LogP contribution is 2.51. The number of ether oxygens (including phenoxy) is 7. The molecule has 0 bridgehead atoms. The zero-order valence-electron chi connectivity index (χ0n) is 53.4. The molecule has 0 aromatic heterocycles. The van der Waals surface area contributed by atoms with Crippen molar-refractivity contribution in [2.24, 2.45) is 37.9 Å². The van der Waals surface area contributed by atoms with Gasteiger partial charge < -0.3 is 53.6 Å². The second kappa shape index (κ2) is 37.0. The van der Waals surface area contributed by atoms with Gasteiger partial charge in [0.1, 0.15) is 13.2 Å². The Morgan fingerprint density at radius 2 is 0.711 bits per heavy atom. The van der Waals surface area contributed by atoms with Crippen molar-refractivity contribution in [3.8, 4) is 0 Å². The smallest absolute Gasteiger partial charge is 0.311 e. The van der Waals surface area contributed by atoms with Crippen LogP contribution in [0.25, 0.3) is 0 Å². The van der Waals surface area contributed by atoms with Crippen LogP contribution < -0.4 is 0 Å². The summed E-state index contributed by atoms with van der Waals surface area (Å²) < 4.78 is 40.8. The molecular weight excluding hydrogens is 1070 g/mol. The van der Waals surface area contributed by atoms with E-state index in [4.69, 9.17) is 38.3 Å². The molecule has 0 aliphatic rings. The van der Waals surface area contributed by atoms with Crippen LogP contribution in [-0.4, -0.2) is 134 Å². The molecule has 1 aromatic rings. The van der Waals surface area contributed by atoms with E-state index in [-0.39, 0.29) is 98.0 Å². The van der Waals surface area contributed by atoms with Crippen LogP contribution in [0.15, 0.2) is 30.3 Å². The number of hydrogen-bond acceptors (Lipinski definition) is 18. The second-order valence-electron chi connectivity index (χ2n) is 25.5. The highest BCUT2D eigenvalue weighted by atomic mass is 16.6. The van der Waals surface area contributed by atoms with E-state index in [1.807, 2.05) is 71.9 Å². The number of esters is 7. The molecule has 0 saturated carbocycles. The molecule has 0 aliphatic carbocycles. The molecule has 18 nitrogen and oxygen atoms in total. The van der Waals surface area contributed by atoms with Crippen molar-refractivity contribution in [1.82, 2.24) is 0 Å². The molecule has 9 atom stereocenters. The van der Waals surface area contributed by atoms with Crippen molar-refractivity contribution < 1.29 is 87.1 Å². The van der Waals surface area contributed by atoms with Gasteiger partial charge in [0.25, 0.3) is 0 Å². The van der Waals surface area contributed by atoms with Gasteiger partial charge in [-0.3, -0.25) is 33.6 Å². The molecule has 83 heavy (non-hydrogen) atoms. The minimum Gasteiger partial charge on any atom is -0.465 e. The summed E-state index contributed by atoms with van der Waals surface area (Å²) >= 11 is 0. The maximum absolute atomic E-state index is 15.1. The molecule has 1 rings (SSSR count). The zero-order valence-corrected chi connectivity index (χ0v) is 53.4. The monoisotopic (exact) mass is 1180 g/mol. The first kappa shape index (κ1) is 76.4. The third-order valence-electron chi connectivity index (χ3n) is 16.6. The lowest BCUT2D eigenvalue weighted by Gasteiger charge is -2.41. The average molecular weight is 1180 g/mol. The number of carbonyl (C=O) groups is 7. The fourth-order valence-electron chi connectivity index (χ4n) is 11.1. The van der Waals surface area contributed by atoms with Crippen LogP contribution in [0.1, 0.15) is 230 Å². The summed E-state index contributed by atoms with van der Waals surface area (Å²) in [5.74, 6) is -4.51. The van der Waals surface area contributed by atoms with Gasteiger partial charge in [0.15, 0.2) is 0 Å². The minimum absolute atomic E-state index is 0.00925. The molecule has 0 heterocycles. The van der Waals surface area contributed by atoms with Gasteiger partial charge in [0.2, 0.25) is 0 Å². The van der Waals surface area contributed by atoms with Crippen molar-refractivity contribution in [3.05, 3.63) is 35.9 Å².